The Morgan fingerprint density at radius 1 is 1.60 bits per heavy atom. The summed E-state index contributed by atoms with van der Waals surface area (Å²) in [5.74, 6) is 1.25. The first-order valence-corrected chi connectivity index (χ1v) is 8.75. The number of nitrogens with one attached hydrogen (secondary N) is 1. The van der Waals surface area contributed by atoms with E-state index >= 15 is 0 Å². The van der Waals surface area contributed by atoms with E-state index in [-0.39, 0.29) is 6.04 Å². The zero-order valence-electron chi connectivity index (χ0n) is 12.3. The third-order valence-electron chi connectivity index (χ3n) is 3.65. The lowest BCUT2D eigenvalue weighted by atomic mass is 10.0. The van der Waals surface area contributed by atoms with E-state index < -0.39 is 0 Å². The fraction of sp³-hybridized carbons (Fsp3) is 0.786. The van der Waals surface area contributed by atoms with Gasteiger partial charge in [0, 0.05) is 12.4 Å². The Morgan fingerprint density at radius 3 is 3.10 bits per heavy atom. The number of nitrogens with zero attached hydrogens (tertiary/aromatic N) is 2. The van der Waals surface area contributed by atoms with Gasteiger partial charge in [-0.25, -0.2) is 0 Å². The van der Waals surface area contributed by atoms with E-state index in [1.54, 1.807) is 13.3 Å². The van der Waals surface area contributed by atoms with Gasteiger partial charge in [-0.1, -0.05) is 24.9 Å². The fourth-order valence-corrected chi connectivity index (χ4v) is 4.37. The van der Waals surface area contributed by atoms with E-state index in [1.165, 1.54) is 25.0 Å². The van der Waals surface area contributed by atoms with E-state index in [0.717, 1.165) is 23.8 Å². The number of methoxy groups -OCH3 is 1. The highest BCUT2D eigenvalue weighted by Crippen LogP contribution is 2.37. The minimum absolute atomic E-state index is 0.275. The molecule has 4 nitrogen and oxygen atoms in total. The summed E-state index contributed by atoms with van der Waals surface area (Å²) in [7, 11) is 1.71. The Labute approximate surface area is 130 Å². The van der Waals surface area contributed by atoms with E-state index in [9.17, 15) is 0 Å². The van der Waals surface area contributed by atoms with Gasteiger partial charge >= 0.3 is 0 Å². The molecular weight excluding hydrogens is 294 g/mol. The second-order valence-electron chi connectivity index (χ2n) is 5.03. The van der Waals surface area contributed by atoms with Crippen LogP contribution in [0.3, 0.4) is 0 Å². The summed E-state index contributed by atoms with van der Waals surface area (Å²) in [5.41, 5.74) is 1.12. The zero-order chi connectivity index (χ0) is 14.4. The van der Waals surface area contributed by atoms with Crippen molar-refractivity contribution in [1.82, 2.24) is 15.1 Å². The van der Waals surface area contributed by atoms with Gasteiger partial charge in [-0.3, -0.25) is 4.68 Å². The molecule has 1 aliphatic rings. The number of hydrogen-bond acceptors (Lipinski definition) is 4. The lowest BCUT2D eigenvalue weighted by molar-refractivity contribution is 0.181. The minimum atomic E-state index is 0.275. The third kappa shape index (κ3) is 3.91. The summed E-state index contributed by atoms with van der Waals surface area (Å²) >= 11 is 8.46. The molecule has 1 aromatic rings. The molecular formula is C14H24ClN3OS. The second-order valence-corrected chi connectivity index (χ2v) is 6.79. The smallest absolute Gasteiger partial charge is 0.0834 e. The van der Waals surface area contributed by atoms with Crippen molar-refractivity contribution in [2.24, 2.45) is 0 Å². The maximum Gasteiger partial charge on any atom is 0.0834 e. The van der Waals surface area contributed by atoms with Crippen LogP contribution in [0.1, 0.15) is 37.9 Å². The Balaban J connectivity index is 2.20. The molecule has 0 bridgehead atoms. The van der Waals surface area contributed by atoms with Crippen LogP contribution in [0.5, 0.6) is 0 Å². The van der Waals surface area contributed by atoms with Gasteiger partial charge in [0.05, 0.1) is 36.1 Å². The molecule has 20 heavy (non-hydrogen) atoms. The Kier molecular flexibility index (Phi) is 6.68. The molecule has 2 atom stereocenters. The lowest BCUT2D eigenvalue weighted by Gasteiger charge is -2.31. The molecule has 6 heteroatoms. The Bertz CT molecular complexity index is 407. The summed E-state index contributed by atoms with van der Waals surface area (Å²) in [5, 5.41) is 9.36. The highest BCUT2D eigenvalue weighted by Gasteiger charge is 2.29. The number of halogens is 1. The molecule has 1 N–H and O–H groups in total. The van der Waals surface area contributed by atoms with Crippen molar-refractivity contribution in [1.29, 1.82) is 0 Å². The summed E-state index contributed by atoms with van der Waals surface area (Å²) in [4.78, 5) is 0. The number of ether oxygens (including phenoxy) is 1. The van der Waals surface area contributed by atoms with Crippen LogP contribution in [-0.4, -0.2) is 41.0 Å². The molecule has 1 fully saturated rings. The maximum atomic E-state index is 6.40. The van der Waals surface area contributed by atoms with Gasteiger partial charge in [0.1, 0.15) is 0 Å². The molecule has 0 spiro atoms. The molecule has 1 saturated heterocycles. The molecule has 2 rings (SSSR count). The van der Waals surface area contributed by atoms with Crippen molar-refractivity contribution in [3.05, 3.63) is 16.9 Å². The topological polar surface area (TPSA) is 39.1 Å². The molecule has 2 heterocycles. The van der Waals surface area contributed by atoms with Crippen LogP contribution in [0.4, 0.5) is 0 Å². The van der Waals surface area contributed by atoms with Crippen molar-refractivity contribution < 1.29 is 4.74 Å². The third-order valence-corrected chi connectivity index (χ3v) is 5.40. The van der Waals surface area contributed by atoms with Crippen molar-refractivity contribution in [2.45, 2.75) is 44.0 Å². The van der Waals surface area contributed by atoms with E-state index in [0.29, 0.717) is 11.9 Å². The molecule has 2 unspecified atom stereocenters. The van der Waals surface area contributed by atoms with Crippen LogP contribution in [0.15, 0.2) is 6.20 Å². The standard InChI is InChI=1S/C14H24ClN3OS/c1-3-16-13(12-6-4-5-9-20-12)14-11(15)10-17-18(14)7-8-19-2/h10,12-13,16H,3-9H2,1-2H3. The van der Waals surface area contributed by atoms with Crippen LogP contribution in [-0.2, 0) is 11.3 Å². The first kappa shape index (κ1) is 16.1. The van der Waals surface area contributed by atoms with E-state index in [4.69, 9.17) is 16.3 Å². The number of aromatic nitrogens is 2. The van der Waals surface area contributed by atoms with Gasteiger partial charge in [-0.2, -0.15) is 16.9 Å². The predicted molar refractivity (Wildman–Crippen MR) is 85.6 cm³/mol. The van der Waals surface area contributed by atoms with Crippen molar-refractivity contribution in [3.8, 4) is 0 Å². The summed E-state index contributed by atoms with van der Waals surface area (Å²) < 4.78 is 7.16. The molecule has 0 radical (unpaired) electrons. The number of hydrogen-bond donors (Lipinski definition) is 1. The van der Waals surface area contributed by atoms with Crippen LogP contribution in [0.2, 0.25) is 5.02 Å². The van der Waals surface area contributed by atoms with E-state index in [2.05, 4.69) is 29.1 Å². The highest BCUT2D eigenvalue weighted by molar-refractivity contribution is 8.00. The van der Waals surface area contributed by atoms with Crippen molar-refractivity contribution >= 4 is 23.4 Å². The summed E-state index contributed by atoms with van der Waals surface area (Å²) in [6.07, 6.45) is 5.64. The molecule has 0 aromatic carbocycles. The van der Waals surface area contributed by atoms with E-state index in [1.807, 2.05) is 4.68 Å². The predicted octanol–water partition coefficient (Wildman–Crippen LogP) is 3.12. The monoisotopic (exact) mass is 317 g/mol. The largest absolute Gasteiger partial charge is 0.383 e. The second kappa shape index (κ2) is 8.27. The number of thioether (sulfide) groups is 1. The lowest BCUT2D eigenvalue weighted by Crippen LogP contribution is -2.34. The molecule has 0 amide bonds. The van der Waals surface area contributed by atoms with Crippen LogP contribution in [0, 0.1) is 0 Å². The summed E-state index contributed by atoms with van der Waals surface area (Å²) in [6.45, 7) is 4.48. The van der Waals surface area contributed by atoms with Gasteiger partial charge in [0.2, 0.25) is 0 Å². The normalized spacial score (nSPS) is 21.1. The average molecular weight is 318 g/mol. The molecule has 114 valence electrons. The summed E-state index contributed by atoms with van der Waals surface area (Å²) in [6, 6.07) is 0.275. The maximum absolute atomic E-state index is 6.40. The molecule has 1 aromatic heterocycles. The van der Waals surface area contributed by atoms with Crippen LogP contribution in [0.25, 0.3) is 0 Å². The zero-order valence-corrected chi connectivity index (χ0v) is 13.8. The SMILES string of the molecule is CCNC(c1c(Cl)cnn1CCOC)C1CCCCS1. The first-order chi connectivity index (χ1) is 9.77. The molecule has 0 aliphatic carbocycles. The van der Waals surface area contributed by atoms with Crippen LogP contribution >= 0.6 is 23.4 Å². The fourth-order valence-electron chi connectivity index (χ4n) is 2.69. The Morgan fingerprint density at radius 2 is 2.45 bits per heavy atom. The van der Waals surface area contributed by atoms with Gasteiger partial charge in [-0.05, 0) is 25.1 Å². The molecule has 1 aliphatic heterocycles. The first-order valence-electron chi connectivity index (χ1n) is 7.33. The van der Waals surface area contributed by atoms with Crippen LogP contribution < -0.4 is 5.32 Å². The minimum Gasteiger partial charge on any atom is -0.383 e. The van der Waals surface area contributed by atoms with Crippen molar-refractivity contribution in [3.63, 3.8) is 0 Å². The quantitative estimate of drug-likeness (QED) is 0.838. The average Bonchev–Trinajstić information content (AvgIpc) is 2.84. The van der Waals surface area contributed by atoms with Gasteiger partial charge in [0.25, 0.3) is 0 Å². The molecule has 0 saturated carbocycles. The van der Waals surface area contributed by atoms with Crippen molar-refractivity contribution in [2.75, 3.05) is 26.0 Å². The highest BCUT2D eigenvalue weighted by atomic mass is 35.5. The number of rotatable bonds is 7. The Hall–Kier alpha value is -0.230. The van der Waals surface area contributed by atoms with Gasteiger partial charge in [0.15, 0.2) is 0 Å². The van der Waals surface area contributed by atoms with Gasteiger partial charge < -0.3 is 10.1 Å². The van der Waals surface area contributed by atoms with Gasteiger partial charge in [-0.15, -0.1) is 0 Å².